The summed E-state index contributed by atoms with van der Waals surface area (Å²) in [6.45, 7) is 0. The van der Waals surface area contributed by atoms with Gasteiger partial charge in [0.2, 0.25) is 10.3 Å². The quantitative estimate of drug-likeness (QED) is 0.426. The van der Waals surface area contributed by atoms with E-state index in [1.54, 1.807) is 42.6 Å². The van der Waals surface area contributed by atoms with Gasteiger partial charge in [0, 0.05) is 18.0 Å². The van der Waals surface area contributed by atoms with E-state index in [0.29, 0.717) is 28.0 Å². The van der Waals surface area contributed by atoms with Crippen molar-refractivity contribution in [3.63, 3.8) is 0 Å². The number of halogens is 1. The van der Waals surface area contributed by atoms with Crippen molar-refractivity contribution in [1.29, 1.82) is 0 Å². The molecule has 2 aromatic carbocycles. The third-order valence-corrected chi connectivity index (χ3v) is 5.42. The van der Waals surface area contributed by atoms with Crippen molar-refractivity contribution in [2.24, 2.45) is 0 Å². The number of carbonyl (C=O) groups is 2. The Bertz CT molecular complexity index is 1320. The highest BCUT2D eigenvalue weighted by molar-refractivity contribution is 7.17. The summed E-state index contributed by atoms with van der Waals surface area (Å²) in [5.41, 5.74) is 0.707. The Hall–Kier alpha value is -4.25. The molecule has 0 fully saturated rings. The van der Waals surface area contributed by atoms with E-state index < -0.39 is 11.7 Å². The number of ether oxygens (including phenoxy) is 2. The lowest BCUT2D eigenvalue weighted by Crippen LogP contribution is -2.16. The topological polar surface area (TPSA) is 107 Å². The molecule has 9 nitrogen and oxygen atoms in total. The van der Waals surface area contributed by atoms with Gasteiger partial charge in [0.15, 0.2) is 11.5 Å². The Morgan fingerprint density at radius 3 is 2.48 bits per heavy atom. The number of nitrogens with zero attached hydrogens (tertiary/aromatic N) is 3. The van der Waals surface area contributed by atoms with Crippen molar-refractivity contribution < 1.29 is 23.5 Å². The molecular weight excluding hydrogens is 449 g/mol. The van der Waals surface area contributed by atoms with Crippen molar-refractivity contribution in [2.75, 3.05) is 24.9 Å². The van der Waals surface area contributed by atoms with Crippen LogP contribution in [0.1, 0.15) is 20.8 Å². The number of nitrogens with one attached hydrogen (secondary N) is 2. The monoisotopic (exact) mass is 467 g/mol. The van der Waals surface area contributed by atoms with E-state index in [2.05, 4.69) is 20.8 Å². The zero-order valence-electron chi connectivity index (χ0n) is 17.5. The molecule has 0 aliphatic heterocycles. The first kappa shape index (κ1) is 22.0. The normalized spacial score (nSPS) is 10.5. The SMILES string of the molecule is COc1ccc(NC(=O)c2cccn2-c2nnc(NC(=O)c3ccccc3F)s2)cc1OC. The summed E-state index contributed by atoms with van der Waals surface area (Å²) in [6, 6.07) is 13.9. The first-order valence-corrected chi connectivity index (χ1v) is 10.4. The van der Waals surface area contributed by atoms with Crippen molar-refractivity contribution in [1.82, 2.24) is 14.8 Å². The van der Waals surface area contributed by atoms with Gasteiger partial charge in [-0.15, -0.1) is 10.2 Å². The summed E-state index contributed by atoms with van der Waals surface area (Å²) in [6.07, 6.45) is 1.65. The molecule has 4 rings (SSSR count). The average Bonchev–Trinajstić information content (AvgIpc) is 3.48. The smallest absolute Gasteiger partial charge is 0.272 e. The van der Waals surface area contributed by atoms with Crippen LogP contribution < -0.4 is 20.1 Å². The minimum Gasteiger partial charge on any atom is -0.493 e. The molecule has 33 heavy (non-hydrogen) atoms. The van der Waals surface area contributed by atoms with E-state index in [-0.39, 0.29) is 16.6 Å². The molecule has 0 bridgehead atoms. The van der Waals surface area contributed by atoms with Crippen LogP contribution in [0, 0.1) is 5.82 Å². The van der Waals surface area contributed by atoms with Gasteiger partial charge in [-0.05, 0) is 36.4 Å². The lowest BCUT2D eigenvalue weighted by molar-refractivity contribution is 0.101. The molecule has 2 aromatic heterocycles. The van der Waals surface area contributed by atoms with E-state index >= 15 is 0 Å². The highest BCUT2D eigenvalue weighted by Gasteiger charge is 2.18. The van der Waals surface area contributed by atoms with Gasteiger partial charge in [-0.25, -0.2) is 4.39 Å². The number of aromatic nitrogens is 3. The van der Waals surface area contributed by atoms with E-state index in [1.807, 2.05) is 0 Å². The Kier molecular flexibility index (Phi) is 6.31. The Balaban J connectivity index is 1.51. The molecule has 0 atom stereocenters. The van der Waals surface area contributed by atoms with Crippen LogP contribution in [-0.2, 0) is 0 Å². The number of methoxy groups -OCH3 is 2. The van der Waals surface area contributed by atoms with E-state index in [9.17, 15) is 14.0 Å². The maximum Gasteiger partial charge on any atom is 0.272 e. The summed E-state index contributed by atoms with van der Waals surface area (Å²) in [5.74, 6) is -0.656. The predicted octanol–water partition coefficient (Wildman–Crippen LogP) is 3.99. The van der Waals surface area contributed by atoms with Crippen molar-refractivity contribution in [3.05, 3.63) is 77.9 Å². The third-order valence-electron chi connectivity index (χ3n) is 4.58. The fraction of sp³-hybridized carbons (Fsp3) is 0.0909. The molecule has 0 saturated heterocycles. The minimum absolute atomic E-state index is 0.106. The number of hydrogen-bond donors (Lipinski definition) is 2. The number of rotatable bonds is 7. The maximum absolute atomic E-state index is 13.8. The summed E-state index contributed by atoms with van der Waals surface area (Å²) < 4.78 is 25.8. The molecule has 11 heteroatoms. The van der Waals surface area contributed by atoms with E-state index in [4.69, 9.17) is 9.47 Å². The number of amides is 2. The first-order chi connectivity index (χ1) is 16.0. The number of anilines is 2. The van der Waals surface area contributed by atoms with Gasteiger partial charge in [0.25, 0.3) is 11.8 Å². The fourth-order valence-corrected chi connectivity index (χ4v) is 3.75. The fourth-order valence-electron chi connectivity index (χ4n) is 3.02. The van der Waals surface area contributed by atoms with Gasteiger partial charge in [0.05, 0.1) is 19.8 Å². The molecule has 2 N–H and O–H groups in total. The minimum atomic E-state index is -0.644. The van der Waals surface area contributed by atoms with Crippen LogP contribution in [0.2, 0.25) is 0 Å². The largest absolute Gasteiger partial charge is 0.493 e. The molecule has 0 radical (unpaired) electrons. The van der Waals surface area contributed by atoms with Crippen molar-refractivity contribution >= 4 is 34.0 Å². The Labute approximate surface area is 191 Å². The molecule has 0 unspecified atom stereocenters. The highest BCUT2D eigenvalue weighted by Crippen LogP contribution is 2.30. The van der Waals surface area contributed by atoms with Gasteiger partial charge >= 0.3 is 0 Å². The predicted molar refractivity (Wildman–Crippen MR) is 121 cm³/mol. The zero-order chi connectivity index (χ0) is 23.4. The van der Waals surface area contributed by atoms with Gasteiger partial charge in [-0.2, -0.15) is 0 Å². The third kappa shape index (κ3) is 4.67. The van der Waals surface area contributed by atoms with Crippen LogP contribution in [0.4, 0.5) is 15.2 Å². The molecule has 0 spiro atoms. The number of carbonyl (C=O) groups excluding carboxylic acids is 2. The standard InChI is InChI=1S/C22H18FN5O4S/c1-31-17-10-9-13(12-18(17)32-2)24-20(30)16-8-5-11-28(16)22-27-26-21(33-22)25-19(29)14-6-3-4-7-15(14)23/h3-12H,1-2H3,(H,24,30)(H,25,26,29). The Morgan fingerprint density at radius 2 is 1.73 bits per heavy atom. The summed E-state index contributed by atoms with van der Waals surface area (Å²) in [7, 11) is 3.03. The van der Waals surface area contributed by atoms with E-state index in [1.165, 1.54) is 37.0 Å². The van der Waals surface area contributed by atoms with Crippen LogP contribution in [0.15, 0.2) is 60.8 Å². The highest BCUT2D eigenvalue weighted by atomic mass is 32.1. The maximum atomic E-state index is 13.8. The van der Waals surface area contributed by atoms with Crippen molar-refractivity contribution in [3.8, 4) is 16.6 Å². The first-order valence-electron chi connectivity index (χ1n) is 9.60. The Morgan fingerprint density at radius 1 is 0.939 bits per heavy atom. The van der Waals surface area contributed by atoms with Crippen LogP contribution >= 0.6 is 11.3 Å². The lowest BCUT2D eigenvalue weighted by atomic mass is 10.2. The molecule has 2 heterocycles. The second-order valence-electron chi connectivity index (χ2n) is 6.61. The zero-order valence-corrected chi connectivity index (χ0v) is 18.4. The average molecular weight is 467 g/mol. The molecule has 0 saturated carbocycles. The van der Waals surface area contributed by atoms with Crippen molar-refractivity contribution in [2.45, 2.75) is 0 Å². The molecule has 0 aliphatic rings. The molecular formula is C22H18FN5O4S. The second-order valence-corrected chi connectivity index (χ2v) is 7.57. The number of hydrogen-bond acceptors (Lipinski definition) is 7. The van der Waals surface area contributed by atoms with Crippen LogP contribution in [0.5, 0.6) is 11.5 Å². The molecule has 2 amide bonds. The molecule has 0 aliphatic carbocycles. The van der Waals surface area contributed by atoms with Gasteiger partial charge in [-0.1, -0.05) is 23.5 Å². The van der Waals surface area contributed by atoms with Crippen LogP contribution in [-0.4, -0.2) is 40.8 Å². The molecule has 168 valence electrons. The van der Waals surface area contributed by atoms with Gasteiger partial charge in [-0.3, -0.25) is 19.5 Å². The molecule has 4 aromatic rings. The summed E-state index contributed by atoms with van der Waals surface area (Å²) in [4.78, 5) is 25.2. The van der Waals surface area contributed by atoms with Gasteiger partial charge < -0.3 is 14.8 Å². The van der Waals surface area contributed by atoms with Gasteiger partial charge in [0.1, 0.15) is 11.5 Å². The summed E-state index contributed by atoms with van der Waals surface area (Å²) >= 11 is 1.04. The summed E-state index contributed by atoms with van der Waals surface area (Å²) in [5, 5.41) is 13.8. The van der Waals surface area contributed by atoms with Crippen LogP contribution in [0.3, 0.4) is 0 Å². The van der Waals surface area contributed by atoms with Crippen LogP contribution in [0.25, 0.3) is 5.13 Å². The second kappa shape index (κ2) is 9.49. The van der Waals surface area contributed by atoms with E-state index in [0.717, 1.165) is 11.3 Å². The lowest BCUT2D eigenvalue weighted by Gasteiger charge is -2.11. The number of benzene rings is 2.